The number of halogens is 3. The minimum atomic E-state index is -4.57. The largest absolute Gasteiger partial charge is 0.505 e. The van der Waals surface area contributed by atoms with Crippen LogP contribution in [0.4, 0.5) is 13.2 Å². The van der Waals surface area contributed by atoms with Crippen molar-refractivity contribution in [1.82, 2.24) is 0 Å². The van der Waals surface area contributed by atoms with E-state index in [4.69, 9.17) is 0 Å². The zero-order valence-corrected chi connectivity index (χ0v) is 13.0. The van der Waals surface area contributed by atoms with Crippen LogP contribution in [0, 0.1) is 0 Å². The van der Waals surface area contributed by atoms with Crippen LogP contribution in [0.1, 0.15) is 5.56 Å². The molecule has 0 aliphatic rings. The maximum atomic E-state index is 12.8. The monoisotopic (exact) mass is 358 g/mol. The quantitative estimate of drug-likeness (QED) is 0.736. The zero-order chi connectivity index (χ0) is 16.8. The van der Waals surface area contributed by atoms with Crippen LogP contribution in [0.3, 0.4) is 0 Å². The zero-order valence-electron chi connectivity index (χ0n) is 11.3. The second-order valence-electron chi connectivity index (χ2n) is 4.76. The van der Waals surface area contributed by atoms with Crippen molar-refractivity contribution in [2.45, 2.75) is 15.3 Å². The first-order chi connectivity index (χ1) is 10.7. The van der Waals surface area contributed by atoms with Gasteiger partial charge >= 0.3 is 6.18 Å². The molecule has 0 unspecified atom stereocenters. The Hall–Kier alpha value is -2.06. The van der Waals surface area contributed by atoms with Crippen molar-refractivity contribution in [1.29, 1.82) is 0 Å². The molecular formula is C15H9F3O3S2. The minimum absolute atomic E-state index is 0.0297. The van der Waals surface area contributed by atoms with E-state index in [0.29, 0.717) is 0 Å². The summed E-state index contributed by atoms with van der Waals surface area (Å²) >= 11 is 0.740. The maximum absolute atomic E-state index is 12.8. The lowest BCUT2D eigenvalue weighted by Gasteiger charge is -2.05. The summed E-state index contributed by atoms with van der Waals surface area (Å²) in [7, 11) is -3.99. The van der Waals surface area contributed by atoms with Gasteiger partial charge in [-0.05, 0) is 30.3 Å². The number of rotatable bonds is 2. The molecule has 8 heteroatoms. The van der Waals surface area contributed by atoms with Gasteiger partial charge in [0.05, 0.1) is 10.5 Å². The van der Waals surface area contributed by atoms with Gasteiger partial charge in [-0.2, -0.15) is 13.2 Å². The van der Waals surface area contributed by atoms with Crippen LogP contribution in [0.2, 0.25) is 0 Å². The normalized spacial score (nSPS) is 12.7. The molecule has 1 aromatic heterocycles. The predicted octanol–water partition coefficient (Wildman–Crippen LogP) is 4.46. The molecule has 0 aliphatic heterocycles. The second-order valence-corrected chi connectivity index (χ2v) is 7.96. The molecule has 0 saturated heterocycles. The van der Waals surface area contributed by atoms with E-state index in [1.165, 1.54) is 24.3 Å². The van der Waals surface area contributed by atoms with Crippen LogP contribution >= 0.6 is 11.3 Å². The Kier molecular flexibility index (Phi) is 3.61. The predicted molar refractivity (Wildman–Crippen MR) is 80.4 cm³/mol. The minimum Gasteiger partial charge on any atom is -0.505 e. The Morgan fingerprint density at radius 2 is 1.65 bits per heavy atom. The number of hydrogen-bond acceptors (Lipinski definition) is 4. The lowest BCUT2D eigenvalue weighted by atomic mass is 10.1. The molecule has 0 amide bonds. The summed E-state index contributed by atoms with van der Waals surface area (Å²) < 4.78 is 63.2. The third-order valence-electron chi connectivity index (χ3n) is 3.26. The molecule has 3 rings (SSSR count). The molecule has 3 nitrogen and oxygen atoms in total. The van der Waals surface area contributed by atoms with Gasteiger partial charge in [-0.1, -0.05) is 18.2 Å². The molecule has 120 valence electrons. The highest BCUT2D eigenvalue weighted by atomic mass is 32.2. The highest BCUT2D eigenvalue weighted by Crippen LogP contribution is 2.44. The average Bonchev–Trinajstić information content (AvgIpc) is 2.85. The van der Waals surface area contributed by atoms with Crippen LogP contribution in [-0.4, -0.2) is 13.5 Å². The Morgan fingerprint density at radius 3 is 2.26 bits per heavy atom. The second kappa shape index (κ2) is 5.24. The summed E-state index contributed by atoms with van der Waals surface area (Å²) in [6.45, 7) is 0. The highest BCUT2D eigenvalue weighted by Gasteiger charge is 2.32. The first-order valence-electron chi connectivity index (χ1n) is 6.34. The lowest BCUT2D eigenvalue weighted by molar-refractivity contribution is -0.137. The molecule has 0 aliphatic carbocycles. The van der Waals surface area contributed by atoms with Crippen LogP contribution in [0.5, 0.6) is 5.75 Å². The molecule has 1 N–H and O–H groups in total. The fourth-order valence-electron chi connectivity index (χ4n) is 2.13. The van der Waals surface area contributed by atoms with Gasteiger partial charge in [-0.15, -0.1) is 11.3 Å². The maximum Gasteiger partial charge on any atom is 0.416 e. The first-order valence-corrected chi connectivity index (χ1v) is 8.64. The molecule has 0 fully saturated rings. The standard InChI is InChI=1S/C15H9F3O3S2/c16-15(17,18)9-6-7-12-11(8-9)13(19)14(22-12)23(20,21)10-4-2-1-3-5-10/h1-8,19H. The van der Waals surface area contributed by atoms with E-state index in [1.54, 1.807) is 6.07 Å². The summed E-state index contributed by atoms with van der Waals surface area (Å²) in [5.41, 5.74) is -0.943. The first kappa shape index (κ1) is 15.8. The molecule has 0 atom stereocenters. The van der Waals surface area contributed by atoms with Crippen molar-refractivity contribution in [3.05, 3.63) is 54.1 Å². The van der Waals surface area contributed by atoms with Gasteiger partial charge in [-0.3, -0.25) is 0 Å². The smallest absolute Gasteiger partial charge is 0.416 e. The number of benzene rings is 2. The molecule has 0 bridgehead atoms. The van der Waals surface area contributed by atoms with Gasteiger partial charge in [0.1, 0.15) is 0 Å². The van der Waals surface area contributed by atoms with E-state index in [0.717, 1.165) is 29.5 Å². The van der Waals surface area contributed by atoms with Crippen molar-refractivity contribution in [2.24, 2.45) is 0 Å². The molecule has 1 heterocycles. The number of thiophene rings is 1. The van der Waals surface area contributed by atoms with Crippen molar-refractivity contribution < 1.29 is 26.7 Å². The van der Waals surface area contributed by atoms with Gasteiger partial charge in [-0.25, -0.2) is 8.42 Å². The van der Waals surface area contributed by atoms with Gasteiger partial charge in [0.25, 0.3) is 0 Å². The lowest BCUT2D eigenvalue weighted by Crippen LogP contribution is -2.03. The third kappa shape index (κ3) is 2.68. The number of alkyl halides is 3. The molecule has 3 aromatic rings. The molecule has 0 spiro atoms. The SMILES string of the molecule is O=S(=O)(c1ccccc1)c1sc2ccc(C(F)(F)F)cc2c1O. The fourth-order valence-corrected chi connectivity index (χ4v) is 5.03. The molecule has 2 aromatic carbocycles. The number of hydrogen-bond donors (Lipinski definition) is 1. The molecular weight excluding hydrogens is 349 g/mol. The summed E-state index contributed by atoms with van der Waals surface area (Å²) in [6.07, 6.45) is -4.57. The van der Waals surface area contributed by atoms with Crippen molar-refractivity contribution in [3.8, 4) is 5.75 Å². The average molecular weight is 358 g/mol. The molecule has 23 heavy (non-hydrogen) atoms. The van der Waals surface area contributed by atoms with E-state index < -0.39 is 27.3 Å². The Morgan fingerprint density at radius 1 is 1.00 bits per heavy atom. The van der Waals surface area contributed by atoms with Gasteiger partial charge < -0.3 is 5.11 Å². The van der Waals surface area contributed by atoms with Gasteiger partial charge in [0, 0.05) is 10.1 Å². The van der Waals surface area contributed by atoms with Crippen LogP contribution in [-0.2, 0) is 16.0 Å². The van der Waals surface area contributed by atoms with E-state index >= 15 is 0 Å². The van der Waals surface area contributed by atoms with E-state index in [9.17, 15) is 26.7 Å². The van der Waals surface area contributed by atoms with E-state index in [2.05, 4.69) is 0 Å². The van der Waals surface area contributed by atoms with Crippen molar-refractivity contribution in [3.63, 3.8) is 0 Å². The Bertz CT molecular complexity index is 974. The van der Waals surface area contributed by atoms with Crippen molar-refractivity contribution >= 4 is 31.3 Å². The summed E-state index contributed by atoms with van der Waals surface area (Å²) in [5.74, 6) is -0.653. The molecule has 0 radical (unpaired) electrons. The Balaban J connectivity index is 2.22. The summed E-state index contributed by atoms with van der Waals surface area (Å²) in [4.78, 5) is -0.0297. The third-order valence-corrected chi connectivity index (χ3v) is 6.69. The van der Waals surface area contributed by atoms with E-state index in [1.807, 2.05) is 0 Å². The van der Waals surface area contributed by atoms with E-state index in [-0.39, 0.29) is 19.2 Å². The van der Waals surface area contributed by atoms with Crippen LogP contribution in [0.25, 0.3) is 10.1 Å². The van der Waals surface area contributed by atoms with Crippen molar-refractivity contribution in [2.75, 3.05) is 0 Å². The topological polar surface area (TPSA) is 54.4 Å². The number of sulfone groups is 1. The Labute approximate surface area is 133 Å². The summed E-state index contributed by atoms with van der Waals surface area (Å²) in [6, 6.07) is 10.2. The highest BCUT2D eigenvalue weighted by molar-refractivity contribution is 7.93. The van der Waals surface area contributed by atoms with Crippen LogP contribution in [0.15, 0.2) is 57.6 Å². The molecule has 0 saturated carbocycles. The number of fused-ring (bicyclic) bond motifs is 1. The van der Waals surface area contributed by atoms with Gasteiger partial charge in [0.2, 0.25) is 9.84 Å². The fraction of sp³-hybridized carbons (Fsp3) is 0.0667. The van der Waals surface area contributed by atoms with Crippen LogP contribution < -0.4 is 0 Å². The van der Waals surface area contributed by atoms with Gasteiger partial charge in [0.15, 0.2) is 9.96 Å². The summed E-state index contributed by atoms with van der Waals surface area (Å²) in [5, 5.41) is 10.0. The number of aromatic hydroxyl groups is 1.